The quantitative estimate of drug-likeness (QED) is 0.468. The van der Waals surface area contributed by atoms with E-state index in [-0.39, 0.29) is 24.0 Å². The van der Waals surface area contributed by atoms with Crippen LogP contribution in [0.25, 0.3) is 6.08 Å². The predicted octanol–water partition coefficient (Wildman–Crippen LogP) is 6.33. The lowest BCUT2D eigenvalue weighted by Gasteiger charge is -2.07. The number of rotatable bonds is 4. The van der Waals surface area contributed by atoms with Crippen LogP contribution in [0.1, 0.15) is 21.5 Å². The minimum absolute atomic E-state index is 0.140. The fourth-order valence-electron chi connectivity index (χ4n) is 2.78. The molecule has 3 nitrogen and oxygen atoms in total. The number of Topliss-reactive ketones (excluding diaryl/α,β-unsaturated/α-hetero) is 1. The smallest absolute Gasteiger partial charge is 0.231 e. The molecule has 140 valence electrons. The van der Waals surface area contributed by atoms with Crippen molar-refractivity contribution in [3.8, 4) is 11.5 Å². The number of ketones is 1. The first-order chi connectivity index (χ1) is 13.5. The highest BCUT2D eigenvalue weighted by atomic mass is 35.5. The Morgan fingerprint density at radius 2 is 1.71 bits per heavy atom. The van der Waals surface area contributed by atoms with Crippen LogP contribution >= 0.6 is 23.2 Å². The molecule has 1 aliphatic rings. The maximum atomic E-state index is 13.0. The molecule has 1 heterocycles. The van der Waals surface area contributed by atoms with E-state index >= 15 is 0 Å². The monoisotopic (exact) mass is 414 g/mol. The molecule has 3 aromatic rings. The summed E-state index contributed by atoms with van der Waals surface area (Å²) in [5.41, 5.74) is 1.78. The van der Waals surface area contributed by atoms with E-state index in [1.807, 2.05) is 0 Å². The third-order valence-electron chi connectivity index (χ3n) is 4.24. The zero-order valence-corrected chi connectivity index (χ0v) is 15.9. The molecule has 3 aromatic carbocycles. The SMILES string of the molecule is O=C1/C(=C/c2c(Cl)cccc2Cl)Oc2cc(OCc3ccc(F)cc3)ccc21. The van der Waals surface area contributed by atoms with E-state index in [0.29, 0.717) is 32.7 Å². The summed E-state index contributed by atoms with van der Waals surface area (Å²) in [6.07, 6.45) is 1.53. The topological polar surface area (TPSA) is 35.5 Å². The molecule has 4 rings (SSSR count). The Kier molecular flexibility index (Phi) is 5.07. The Morgan fingerprint density at radius 3 is 2.43 bits per heavy atom. The second kappa shape index (κ2) is 7.66. The molecule has 1 aliphatic heterocycles. The van der Waals surface area contributed by atoms with Crippen molar-refractivity contribution in [2.75, 3.05) is 0 Å². The Hall–Kier alpha value is -2.82. The molecule has 28 heavy (non-hydrogen) atoms. The van der Waals surface area contributed by atoms with E-state index in [2.05, 4.69) is 0 Å². The summed E-state index contributed by atoms with van der Waals surface area (Å²) in [5.74, 6) is 0.520. The molecule has 0 unspecified atom stereocenters. The number of benzene rings is 3. The van der Waals surface area contributed by atoms with Gasteiger partial charge in [0.1, 0.15) is 23.9 Å². The zero-order chi connectivity index (χ0) is 19.7. The minimum Gasteiger partial charge on any atom is -0.489 e. The highest BCUT2D eigenvalue weighted by Crippen LogP contribution is 2.36. The maximum Gasteiger partial charge on any atom is 0.231 e. The van der Waals surface area contributed by atoms with Crippen molar-refractivity contribution in [2.24, 2.45) is 0 Å². The number of carbonyl (C=O) groups is 1. The molecule has 0 aromatic heterocycles. The molecule has 0 spiro atoms. The Morgan fingerprint density at radius 1 is 1.00 bits per heavy atom. The Bertz CT molecular complexity index is 1070. The van der Waals surface area contributed by atoms with Gasteiger partial charge >= 0.3 is 0 Å². The summed E-state index contributed by atoms with van der Waals surface area (Å²) in [6, 6.07) is 16.1. The van der Waals surface area contributed by atoms with Crippen LogP contribution in [-0.2, 0) is 6.61 Å². The number of fused-ring (bicyclic) bond motifs is 1. The summed E-state index contributed by atoms with van der Waals surface area (Å²) in [7, 11) is 0. The van der Waals surface area contributed by atoms with Gasteiger partial charge in [-0.2, -0.15) is 0 Å². The lowest BCUT2D eigenvalue weighted by molar-refractivity contribution is 0.101. The van der Waals surface area contributed by atoms with Gasteiger partial charge in [0.05, 0.1) is 5.56 Å². The summed E-state index contributed by atoms with van der Waals surface area (Å²) >= 11 is 12.3. The molecule has 0 bridgehead atoms. The van der Waals surface area contributed by atoms with Crippen LogP contribution in [-0.4, -0.2) is 5.78 Å². The first kappa shape index (κ1) is 18.5. The largest absolute Gasteiger partial charge is 0.489 e. The maximum absolute atomic E-state index is 13.0. The van der Waals surface area contributed by atoms with Gasteiger partial charge in [-0.1, -0.05) is 41.4 Å². The van der Waals surface area contributed by atoms with Crippen molar-refractivity contribution < 1.29 is 18.7 Å². The molecule has 0 saturated carbocycles. The fraction of sp³-hybridized carbons (Fsp3) is 0.0455. The third kappa shape index (κ3) is 3.75. The van der Waals surface area contributed by atoms with Crippen molar-refractivity contribution in [1.29, 1.82) is 0 Å². The Balaban J connectivity index is 1.54. The van der Waals surface area contributed by atoms with Crippen LogP contribution < -0.4 is 9.47 Å². The van der Waals surface area contributed by atoms with Gasteiger partial charge in [0.25, 0.3) is 0 Å². The fourth-order valence-corrected chi connectivity index (χ4v) is 3.29. The van der Waals surface area contributed by atoms with Crippen molar-refractivity contribution in [3.05, 3.63) is 99.0 Å². The van der Waals surface area contributed by atoms with Crippen LogP contribution in [0.15, 0.2) is 66.4 Å². The predicted molar refractivity (Wildman–Crippen MR) is 107 cm³/mol. The van der Waals surface area contributed by atoms with E-state index in [9.17, 15) is 9.18 Å². The molecule has 0 amide bonds. The lowest BCUT2D eigenvalue weighted by atomic mass is 10.1. The van der Waals surface area contributed by atoms with Gasteiger partial charge in [0, 0.05) is 21.7 Å². The number of carbonyl (C=O) groups excluding carboxylic acids is 1. The summed E-state index contributed by atoms with van der Waals surface area (Å²) in [5, 5.41) is 0.853. The number of hydrogen-bond donors (Lipinski definition) is 0. The molecule has 0 saturated heterocycles. The van der Waals surface area contributed by atoms with Crippen LogP contribution in [0.2, 0.25) is 10.0 Å². The van der Waals surface area contributed by atoms with Gasteiger partial charge in [-0.25, -0.2) is 4.39 Å². The van der Waals surface area contributed by atoms with Crippen LogP contribution in [0.3, 0.4) is 0 Å². The number of allylic oxidation sites excluding steroid dienone is 1. The summed E-state index contributed by atoms with van der Waals surface area (Å²) in [4.78, 5) is 12.6. The van der Waals surface area contributed by atoms with Crippen LogP contribution in [0, 0.1) is 5.82 Å². The van der Waals surface area contributed by atoms with E-state index in [1.165, 1.54) is 18.2 Å². The second-order valence-corrected chi connectivity index (χ2v) is 6.96. The second-order valence-electron chi connectivity index (χ2n) is 6.15. The standard InChI is InChI=1S/C22H13Cl2FO3/c23-18-2-1-3-19(24)17(18)11-21-22(26)16-9-8-15(10-20(16)28-21)27-12-13-4-6-14(25)7-5-13/h1-11H,12H2/b21-11-. The van der Waals surface area contributed by atoms with Gasteiger partial charge in [-0.3, -0.25) is 4.79 Å². The minimum atomic E-state index is -0.300. The highest BCUT2D eigenvalue weighted by molar-refractivity contribution is 6.37. The van der Waals surface area contributed by atoms with Crippen LogP contribution in [0.5, 0.6) is 11.5 Å². The molecule has 0 radical (unpaired) electrons. The molecule has 0 aliphatic carbocycles. The molecular weight excluding hydrogens is 402 g/mol. The van der Waals surface area contributed by atoms with Crippen molar-refractivity contribution in [2.45, 2.75) is 6.61 Å². The first-order valence-electron chi connectivity index (χ1n) is 8.41. The van der Waals surface area contributed by atoms with E-state index in [1.54, 1.807) is 48.5 Å². The molecular formula is C22H13Cl2FO3. The third-order valence-corrected chi connectivity index (χ3v) is 4.89. The normalized spacial score (nSPS) is 14.1. The summed E-state index contributed by atoms with van der Waals surface area (Å²) in [6.45, 7) is 0.269. The highest BCUT2D eigenvalue weighted by Gasteiger charge is 2.28. The van der Waals surface area contributed by atoms with Gasteiger partial charge in [0.2, 0.25) is 5.78 Å². The first-order valence-corrected chi connectivity index (χ1v) is 9.16. The van der Waals surface area contributed by atoms with E-state index < -0.39 is 0 Å². The summed E-state index contributed by atoms with van der Waals surface area (Å²) < 4.78 is 24.4. The number of hydrogen-bond acceptors (Lipinski definition) is 3. The van der Waals surface area contributed by atoms with Crippen molar-refractivity contribution in [3.63, 3.8) is 0 Å². The molecule has 0 N–H and O–H groups in total. The van der Waals surface area contributed by atoms with Gasteiger partial charge < -0.3 is 9.47 Å². The lowest BCUT2D eigenvalue weighted by Crippen LogP contribution is -1.98. The van der Waals surface area contributed by atoms with Gasteiger partial charge in [-0.15, -0.1) is 0 Å². The average Bonchev–Trinajstić information content (AvgIpc) is 2.99. The van der Waals surface area contributed by atoms with Crippen molar-refractivity contribution in [1.82, 2.24) is 0 Å². The van der Waals surface area contributed by atoms with Crippen molar-refractivity contribution >= 4 is 35.1 Å². The van der Waals surface area contributed by atoms with Crippen LogP contribution in [0.4, 0.5) is 4.39 Å². The van der Waals surface area contributed by atoms with E-state index in [0.717, 1.165) is 5.56 Å². The molecule has 6 heteroatoms. The molecule has 0 fully saturated rings. The van der Waals surface area contributed by atoms with Gasteiger partial charge in [0.15, 0.2) is 5.76 Å². The average molecular weight is 415 g/mol. The zero-order valence-electron chi connectivity index (χ0n) is 14.4. The number of ether oxygens (including phenoxy) is 2. The number of halogens is 3. The Labute approximate surface area is 170 Å². The van der Waals surface area contributed by atoms with Gasteiger partial charge in [-0.05, 0) is 48.0 Å². The van der Waals surface area contributed by atoms with E-state index in [4.69, 9.17) is 32.7 Å². The molecule has 0 atom stereocenters.